The van der Waals surface area contributed by atoms with Crippen molar-refractivity contribution in [3.05, 3.63) is 50.7 Å². The van der Waals surface area contributed by atoms with Crippen molar-refractivity contribution < 1.29 is 4.79 Å². The standard InChI is InChI=1S/C16H18OS2/c1-10-5-6-16(11(2)7-10)18-9-15(17)14-8-12(3)19-13(14)4/h5-8H,9H2,1-4H3. The number of hydrogen-bond donors (Lipinski definition) is 0. The lowest BCUT2D eigenvalue weighted by Gasteiger charge is -2.06. The molecule has 0 aliphatic carbocycles. The van der Waals surface area contributed by atoms with Crippen molar-refractivity contribution in [2.75, 3.05) is 5.75 Å². The van der Waals surface area contributed by atoms with Crippen molar-refractivity contribution >= 4 is 28.9 Å². The fourth-order valence-corrected chi connectivity index (χ4v) is 3.93. The molecule has 3 heteroatoms. The Hall–Kier alpha value is -1.06. The topological polar surface area (TPSA) is 17.1 Å². The van der Waals surface area contributed by atoms with Crippen LogP contribution in [-0.2, 0) is 0 Å². The molecule has 0 amide bonds. The molecule has 0 fully saturated rings. The Morgan fingerprint density at radius 3 is 2.47 bits per heavy atom. The molecule has 0 aliphatic rings. The maximum Gasteiger partial charge on any atom is 0.174 e. The molecule has 0 aliphatic heterocycles. The van der Waals surface area contributed by atoms with Crippen LogP contribution in [0, 0.1) is 27.7 Å². The van der Waals surface area contributed by atoms with Crippen molar-refractivity contribution in [3.63, 3.8) is 0 Å². The van der Waals surface area contributed by atoms with E-state index in [0.29, 0.717) is 5.75 Å². The first kappa shape index (κ1) is 14.4. The fraction of sp³-hybridized carbons (Fsp3) is 0.312. The summed E-state index contributed by atoms with van der Waals surface area (Å²) in [7, 11) is 0. The fourth-order valence-electron chi connectivity index (χ4n) is 2.09. The van der Waals surface area contributed by atoms with E-state index in [1.165, 1.54) is 20.9 Å². The zero-order valence-corrected chi connectivity index (χ0v) is 13.4. The quantitative estimate of drug-likeness (QED) is 0.585. The van der Waals surface area contributed by atoms with Crippen LogP contribution in [-0.4, -0.2) is 11.5 Å². The number of rotatable bonds is 4. The minimum atomic E-state index is 0.229. The van der Waals surface area contributed by atoms with E-state index in [-0.39, 0.29) is 5.78 Å². The number of aryl methyl sites for hydroxylation is 4. The summed E-state index contributed by atoms with van der Waals surface area (Å²) in [5.74, 6) is 0.743. The average Bonchev–Trinajstić information content (AvgIpc) is 2.67. The van der Waals surface area contributed by atoms with Gasteiger partial charge in [0, 0.05) is 20.2 Å². The molecule has 19 heavy (non-hydrogen) atoms. The second kappa shape index (κ2) is 5.93. The summed E-state index contributed by atoms with van der Waals surface area (Å²) in [6.07, 6.45) is 0. The normalized spacial score (nSPS) is 10.7. The number of ketones is 1. The van der Waals surface area contributed by atoms with Crippen molar-refractivity contribution in [2.24, 2.45) is 0 Å². The van der Waals surface area contributed by atoms with E-state index in [4.69, 9.17) is 0 Å². The molecule has 0 atom stereocenters. The van der Waals surface area contributed by atoms with Gasteiger partial charge >= 0.3 is 0 Å². The third-order valence-electron chi connectivity index (χ3n) is 3.03. The summed E-state index contributed by atoms with van der Waals surface area (Å²) in [5.41, 5.74) is 3.40. The van der Waals surface area contributed by atoms with Crippen molar-refractivity contribution in [1.82, 2.24) is 0 Å². The van der Waals surface area contributed by atoms with Gasteiger partial charge in [-0.15, -0.1) is 23.1 Å². The minimum Gasteiger partial charge on any atom is -0.293 e. The lowest BCUT2D eigenvalue weighted by Crippen LogP contribution is -2.02. The van der Waals surface area contributed by atoms with E-state index in [0.717, 1.165) is 10.4 Å². The zero-order chi connectivity index (χ0) is 14.0. The molecule has 1 aromatic heterocycles. The molecule has 0 saturated heterocycles. The third kappa shape index (κ3) is 3.48. The Labute approximate surface area is 123 Å². The smallest absolute Gasteiger partial charge is 0.174 e. The molecule has 0 bridgehead atoms. The summed E-state index contributed by atoms with van der Waals surface area (Å²) in [6, 6.07) is 8.37. The molecule has 0 unspecified atom stereocenters. The number of carbonyl (C=O) groups is 1. The summed E-state index contributed by atoms with van der Waals surface area (Å²) in [5, 5.41) is 0. The van der Waals surface area contributed by atoms with Gasteiger partial charge in [-0.1, -0.05) is 17.7 Å². The van der Waals surface area contributed by atoms with Gasteiger partial charge in [0.1, 0.15) is 0 Å². The van der Waals surface area contributed by atoms with E-state index in [1.54, 1.807) is 23.1 Å². The van der Waals surface area contributed by atoms with Crippen molar-refractivity contribution in [1.29, 1.82) is 0 Å². The van der Waals surface area contributed by atoms with Gasteiger partial charge in [-0.05, 0) is 45.4 Å². The van der Waals surface area contributed by atoms with Gasteiger partial charge in [0.2, 0.25) is 0 Å². The van der Waals surface area contributed by atoms with Crippen LogP contribution in [0.1, 0.15) is 31.2 Å². The summed E-state index contributed by atoms with van der Waals surface area (Å²) in [4.78, 5) is 15.7. The minimum absolute atomic E-state index is 0.229. The van der Waals surface area contributed by atoms with Gasteiger partial charge in [0.05, 0.1) is 5.75 Å². The number of thioether (sulfide) groups is 1. The molecular formula is C16H18OS2. The Bertz CT molecular complexity index is 611. The highest BCUT2D eigenvalue weighted by molar-refractivity contribution is 8.00. The highest BCUT2D eigenvalue weighted by Gasteiger charge is 2.12. The van der Waals surface area contributed by atoms with Gasteiger partial charge in [-0.25, -0.2) is 0 Å². The SMILES string of the molecule is Cc1ccc(SCC(=O)c2cc(C)sc2C)c(C)c1. The predicted octanol–water partition coefficient (Wildman–Crippen LogP) is 4.96. The molecule has 100 valence electrons. The van der Waals surface area contributed by atoms with Gasteiger partial charge in [-0.3, -0.25) is 4.79 Å². The van der Waals surface area contributed by atoms with E-state index < -0.39 is 0 Å². The van der Waals surface area contributed by atoms with Gasteiger partial charge in [0.15, 0.2) is 5.78 Å². The molecule has 2 rings (SSSR count). The maximum atomic E-state index is 12.2. The molecule has 2 aromatic rings. The number of hydrogen-bond acceptors (Lipinski definition) is 3. The Kier molecular flexibility index (Phi) is 4.48. The van der Waals surface area contributed by atoms with E-state index in [1.807, 2.05) is 19.9 Å². The molecule has 1 nitrogen and oxygen atoms in total. The molecule has 0 saturated carbocycles. The van der Waals surface area contributed by atoms with Gasteiger partial charge in [-0.2, -0.15) is 0 Å². The molecule has 0 N–H and O–H groups in total. The van der Waals surface area contributed by atoms with Crippen LogP contribution in [0.15, 0.2) is 29.2 Å². The van der Waals surface area contributed by atoms with E-state index in [2.05, 4.69) is 32.0 Å². The molecule has 0 spiro atoms. The lowest BCUT2D eigenvalue weighted by atomic mass is 10.2. The monoisotopic (exact) mass is 290 g/mol. The molecule has 1 heterocycles. The Morgan fingerprint density at radius 2 is 1.89 bits per heavy atom. The second-order valence-electron chi connectivity index (χ2n) is 4.81. The van der Waals surface area contributed by atoms with Crippen molar-refractivity contribution in [3.8, 4) is 0 Å². The van der Waals surface area contributed by atoms with Crippen LogP contribution in [0.3, 0.4) is 0 Å². The molecule has 0 radical (unpaired) electrons. The van der Waals surface area contributed by atoms with Crippen LogP contribution in [0.2, 0.25) is 0 Å². The zero-order valence-electron chi connectivity index (χ0n) is 11.7. The third-order valence-corrected chi connectivity index (χ3v) is 5.17. The summed E-state index contributed by atoms with van der Waals surface area (Å²) in [6.45, 7) is 8.25. The number of carbonyl (C=O) groups excluding carboxylic acids is 1. The maximum absolute atomic E-state index is 12.2. The highest BCUT2D eigenvalue weighted by Crippen LogP contribution is 2.26. The number of Topliss-reactive ketones (excluding diaryl/α,β-unsaturated/α-hetero) is 1. The van der Waals surface area contributed by atoms with Crippen LogP contribution in [0.5, 0.6) is 0 Å². The van der Waals surface area contributed by atoms with Crippen LogP contribution < -0.4 is 0 Å². The van der Waals surface area contributed by atoms with Gasteiger partial charge < -0.3 is 0 Å². The Morgan fingerprint density at radius 1 is 1.16 bits per heavy atom. The first-order valence-electron chi connectivity index (χ1n) is 6.27. The highest BCUT2D eigenvalue weighted by atomic mass is 32.2. The largest absolute Gasteiger partial charge is 0.293 e. The van der Waals surface area contributed by atoms with Crippen molar-refractivity contribution in [2.45, 2.75) is 32.6 Å². The predicted molar refractivity (Wildman–Crippen MR) is 84.8 cm³/mol. The number of thiophene rings is 1. The number of benzene rings is 1. The van der Waals surface area contributed by atoms with Gasteiger partial charge in [0.25, 0.3) is 0 Å². The molecular weight excluding hydrogens is 272 g/mol. The first-order chi connectivity index (χ1) is 8.97. The lowest BCUT2D eigenvalue weighted by molar-refractivity contribution is 0.102. The van der Waals surface area contributed by atoms with Crippen LogP contribution in [0.4, 0.5) is 0 Å². The van der Waals surface area contributed by atoms with Crippen LogP contribution >= 0.6 is 23.1 Å². The first-order valence-corrected chi connectivity index (χ1v) is 8.08. The van der Waals surface area contributed by atoms with Crippen LogP contribution in [0.25, 0.3) is 0 Å². The molecule has 1 aromatic carbocycles. The van der Waals surface area contributed by atoms with E-state index in [9.17, 15) is 4.79 Å². The van der Waals surface area contributed by atoms with E-state index >= 15 is 0 Å². The average molecular weight is 290 g/mol. The second-order valence-corrected chi connectivity index (χ2v) is 7.29. The Balaban J connectivity index is 2.06. The summed E-state index contributed by atoms with van der Waals surface area (Å²) >= 11 is 3.33. The summed E-state index contributed by atoms with van der Waals surface area (Å²) < 4.78 is 0.